The van der Waals surface area contributed by atoms with Crippen molar-refractivity contribution < 1.29 is 14.3 Å². The van der Waals surface area contributed by atoms with Gasteiger partial charge in [0.1, 0.15) is 11.3 Å². The number of hydrogen-bond acceptors (Lipinski definition) is 3. The Hall–Kier alpha value is -2.83. The molecule has 0 radical (unpaired) electrons. The summed E-state index contributed by atoms with van der Waals surface area (Å²) in [6, 6.07) is 20.4. The summed E-state index contributed by atoms with van der Waals surface area (Å²) in [5.41, 5.74) is 1.69. The third kappa shape index (κ3) is 2.90. The van der Waals surface area contributed by atoms with Crippen LogP contribution in [0.25, 0.3) is 0 Å². The van der Waals surface area contributed by atoms with Crippen LogP contribution in [0.5, 0.6) is 5.75 Å². The molecule has 33 heavy (non-hydrogen) atoms. The molecule has 4 atom stereocenters. The number of amides is 2. The summed E-state index contributed by atoms with van der Waals surface area (Å²) < 4.78 is 6.93. The molecule has 166 valence electrons. The van der Waals surface area contributed by atoms with Crippen molar-refractivity contribution in [2.24, 2.45) is 5.92 Å². The van der Waals surface area contributed by atoms with E-state index in [0.29, 0.717) is 28.6 Å². The number of rotatable bonds is 1. The van der Waals surface area contributed by atoms with Gasteiger partial charge in [0.05, 0.1) is 23.9 Å². The lowest BCUT2D eigenvalue weighted by molar-refractivity contribution is -0.125. The lowest BCUT2D eigenvalue weighted by atomic mass is 9.73. The molecule has 0 aliphatic carbocycles. The van der Waals surface area contributed by atoms with E-state index < -0.39 is 5.54 Å². The molecule has 0 bridgehead atoms. The van der Waals surface area contributed by atoms with Crippen molar-refractivity contribution in [3.05, 3.63) is 92.9 Å². The Balaban J connectivity index is 1.64. The van der Waals surface area contributed by atoms with E-state index in [2.05, 4.69) is 21.2 Å². The summed E-state index contributed by atoms with van der Waals surface area (Å²) in [7, 11) is 0. The van der Waals surface area contributed by atoms with E-state index in [1.807, 2.05) is 55.5 Å². The maximum Gasteiger partial charge on any atom is 0.257 e. The molecule has 1 saturated heterocycles. The Morgan fingerprint density at radius 2 is 1.88 bits per heavy atom. The van der Waals surface area contributed by atoms with E-state index in [4.69, 9.17) is 16.3 Å². The van der Waals surface area contributed by atoms with E-state index >= 15 is 0 Å². The summed E-state index contributed by atoms with van der Waals surface area (Å²) >= 11 is 9.86. The highest BCUT2D eigenvalue weighted by molar-refractivity contribution is 9.10. The molecule has 3 aromatic rings. The average Bonchev–Trinajstić information content (AvgIpc) is 3.06. The number of benzene rings is 3. The largest absolute Gasteiger partial charge is 0.493 e. The van der Waals surface area contributed by atoms with Gasteiger partial charge in [-0.05, 0) is 48.9 Å². The van der Waals surface area contributed by atoms with Gasteiger partial charge in [-0.25, -0.2) is 0 Å². The molecule has 5 nitrogen and oxygen atoms in total. The zero-order chi connectivity index (χ0) is 22.9. The first-order valence-electron chi connectivity index (χ1n) is 10.8. The maximum atomic E-state index is 14.2. The van der Waals surface area contributed by atoms with Crippen LogP contribution in [0.15, 0.2) is 71.2 Å². The van der Waals surface area contributed by atoms with Crippen molar-refractivity contribution >= 4 is 45.0 Å². The predicted molar refractivity (Wildman–Crippen MR) is 130 cm³/mol. The van der Waals surface area contributed by atoms with Crippen LogP contribution in [0.3, 0.4) is 0 Å². The molecular formula is C26H20BrClN2O3. The molecule has 0 aromatic heterocycles. The number of ether oxygens (including phenoxy) is 1. The standard InChI is InChI=1S/C26H20BrClN2O3/c1-26-22(14-5-3-2-4-6-14)19-13-33-21-10-8-16(28)12-18(21)23(19)30(26)24(31)17-11-15(27)7-9-20(17)29-25(26)32/h2-12,19,22-23H,13H2,1H3,(H,29,32)/t19-,22+,23+,26-/m1/s1. The van der Waals surface area contributed by atoms with Crippen molar-refractivity contribution in [1.29, 1.82) is 0 Å². The van der Waals surface area contributed by atoms with Crippen molar-refractivity contribution in [3.8, 4) is 5.75 Å². The van der Waals surface area contributed by atoms with E-state index in [9.17, 15) is 9.59 Å². The second-order valence-corrected chi connectivity index (χ2v) is 10.3. The molecule has 3 aromatic carbocycles. The number of nitrogens with one attached hydrogen (secondary N) is 1. The minimum absolute atomic E-state index is 0.119. The highest BCUT2D eigenvalue weighted by Gasteiger charge is 2.65. The molecule has 3 aliphatic heterocycles. The first-order chi connectivity index (χ1) is 15.9. The van der Waals surface area contributed by atoms with E-state index in [1.54, 1.807) is 23.1 Å². The molecule has 0 saturated carbocycles. The second kappa shape index (κ2) is 7.34. The molecule has 3 aliphatic rings. The quantitative estimate of drug-likeness (QED) is 0.438. The third-order valence-corrected chi connectivity index (χ3v) is 7.97. The molecular weight excluding hydrogens is 504 g/mol. The summed E-state index contributed by atoms with van der Waals surface area (Å²) in [6.45, 7) is 2.28. The fourth-order valence-corrected chi connectivity index (χ4v) is 6.40. The lowest BCUT2D eigenvalue weighted by Gasteiger charge is -2.38. The van der Waals surface area contributed by atoms with Crippen molar-refractivity contribution in [1.82, 2.24) is 4.90 Å². The van der Waals surface area contributed by atoms with Gasteiger partial charge in [0.2, 0.25) is 0 Å². The van der Waals surface area contributed by atoms with Crippen molar-refractivity contribution in [2.75, 3.05) is 11.9 Å². The van der Waals surface area contributed by atoms with Crippen LogP contribution in [0.1, 0.15) is 40.4 Å². The van der Waals surface area contributed by atoms with Gasteiger partial charge in [0.15, 0.2) is 0 Å². The molecule has 6 rings (SSSR count). The highest BCUT2D eigenvalue weighted by atomic mass is 79.9. The van der Waals surface area contributed by atoms with E-state index in [-0.39, 0.29) is 29.7 Å². The molecule has 2 amide bonds. The van der Waals surface area contributed by atoms with Gasteiger partial charge >= 0.3 is 0 Å². The third-order valence-electron chi connectivity index (χ3n) is 7.24. The smallest absolute Gasteiger partial charge is 0.257 e. The number of hydrogen-bond donors (Lipinski definition) is 1. The van der Waals surface area contributed by atoms with E-state index in [1.165, 1.54) is 0 Å². The number of carbonyl (C=O) groups excluding carboxylic acids is 2. The first-order valence-corrected chi connectivity index (χ1v) is 12.0. The van der Waals surface area contributed by atoms with Crippen LogP contribution in [-0.4, -0.2) is 28.9 Å². The van der Waals surface area contributed by atoms with Gasteiger partial charge in [-0.2, -0.15) is 0 Å². The Labute approximate surface area is 204 Å². The molecule has 3 heterocycles. The normalized spacial score (nSPS) is 27.5. The van der Waals surface area contributed by atoms with Crippen LogP contribution in [0.4, 0.5) is 5.69 Å². The van der Waals surface area contributed by atoms with E-state index in [0.717, 1.165) is 15.6 Å². The average molecular weight is 524 g/mol. The SMILES string of the molecule is C[C@@]12C(=O)Nc3ccc(Br)cc3C(=O)N1[C@H]1c3cc(Cl)ccc3OC[C@@H]1[C@@H]2c1ccccc1. The summed E-state index contributed by atoms with van der Waals surface area (Å²) in [6.07, 6.45) is 0. The van der Waals surface area contributed by atoms with Crippen LogP contribution in [0, 0.1) is 5.92 Å². The van der Waals surface area contributed by atoms with Gasteiger partial charge in [-0.3, -0.25) is 9.59 Å². The fourth-order valence-electron chi connectivity index (χ4n) is 5.86. The Morgan fingerprint density at radius 1 is 1.09 bits per heavy atom. The number of anilines is 1. The van der Waals surface area contributed by atoms with Crippen LogP contribution in [-0.2, 0) is 4.79 Å². The number of nitrogens with zero attached hydrogens (tertiary/aromatic N) is 1. The maximum absolute atomic E-state index is 14.2. The second-order valence-electron chi connectivity index (χ2n) is 8.96. The summed E-state index contributed by atoms with van der Waals surface area (Å²) in [5, 5.41) is 3.61. The Kier molecular flexibility index (Phi) is 4.61. The molecule has 1 fully saturated rings. The van der Waals surface area contributed by atoms with Gasteiger partial charge < -0.3 is 15.0 Å². The Bertz CT molecular complexity index is 1310. The monoisotopic (exact) mass is 522 g/mol. The first kappa shape index (κ1) is 20.8. The molecule has 0 unspecified atom stereocenters. The minimum atomic E-state index is -1.13. The van der Waals surface area contributed by atoms with Gasteiger partial charge in [0, 0.05) is 26.9 Å². The number of halogens is 2. The number of fused-ring (bicyclic) bond motifs is 6. The Morgan fingerprint density at radius 3 is 2.67 bits per heavy atom. The van der Waals surface area contributed by atoms with Gasteiger partial charge in [-0.15, -0.1) is 0 Å². The van der Waals surface area contributed by atoms with Crippen LogP contribution in [0.2, 0.25) is 5.02 Å². The van der Waals surface area contributed by atoms with Gasteiger partial charge in [0.25, 0.3) is 11.8 Å². The zero-order valence-corrected chi connectivity index (χ0v) is 20.1. The fraction of sp³-hybridized carbons (Fsp3) is 0.231. The van der Waals surface area contributed by atoms with Crippen LogP contribution >= 0.6 is 27.5 Å². The molecule has 7 heteroatoms. The lowest BCUT2D eigenvalue weighted by Crippen LogP contribution is -2.54. The summed E-state index contributed by atoms with van der Waals surface area (Å²) in [5.74, 6) is -0.0786. The topological polar surface area (TPSA) is 58.6 Å². The number of carbonyl (C=O) groups is 2. The van der Waals surface area contributed by atoms with Crippen molar-refractivity contribution in [3.63, 3.8) is 0 Å². The minimum Gasteiger partial charge on any atom is -0.493 e. The molecule has 0 spiro atoms. The predicted octanol–water partition coefficient (Wildman–Crippen LogP) is 5.80. The summed E-state index contributed by atoms with van der Waals surface area (Å²) in [4.78, 5) is 29.9. The van der Waals surface area contributed by atoms with Crippen LogP contribution < -0.4 is 10.1 Å². The molecule has 1 N–H and O–H groups in total. The highest BCUT2D eigenvalue weighted by Crippen LogP contribution is 2.60. The zero-order valence-electron chi connectivity index (χ0n) is 17.7. The van der Waals surface area contributed by atoms with Gasteiger partial charge in [-0.1, -0.05) is 57.9 Å². The van der Waals surface area contributed by atoms with Crippen molar-refractivity contribution in [2.45, 2.75) is 24.4 Å².